The Kier molecular flexibility index (Phi) is 4.73. The fraction of sp³-hybridized carbons (Fsp3) is 0.500. The van der Waals surface area contributed by atoms with Gasteiger partial charge < -0.3 is 20.5 Å². The van der Waals surface area contributed by atoms with E-state index < -0.39 is 0 Å². The van der Waals surface area contributed by atoms with Gasteiger partial charge in [-0.25, -0.2) is 4.98 Å². The zero-order valence-electron chi connectivity index (χ0n) is 13.4. The van der Waals surface area contributed by atoms with Crippen molar-refractivity contribution in [2.45, 2.75) is 32.2 Å². The summed E-state index contributed by atoms with van der Waals surface area (Å²) in [6, 6.07) is 0.440. The number of aromatic amines is 1. The van der Waals surface area contributed by atoms with Crippen molar-refractivity contribution < 1.29 is 4.79 Å². The number of piperidine rings is 1. The highest BCUT2D eigenvalue weighted by atomic mass is 35.5. The Morgan fingerprint density at radius 3 is 3.13 bits per heavy atom. The molecule has 1 aliphatic heterocycles. The van der Waals surface area contributed by atoms with Crippen LogP contribution >= 0.6 is 11.6 Å². The number of carbonyl (C=O) groups excluding carboxylic acids is 1. The van der Waals surface area contributed by atoms with Gasteiger partial charge >= 0.3 is 0 Å². The molecule has 1 saturated heterocycles. The molecule has 0 saturated carbocycles. The summed E-state index contributed by atoms with van der Waals surface area (Å²) in [5.74, 6) is -0.0245. The second-order valence-electron chi connectivity index (χ2n) is 5.86. The maximum Gasteiger partial charge on any atom is 0.224 e. The third-order valence-electron chi connectivity index (χ3n) is 4.37. The Hall–Kier alpha value is -1.79. The van der Waals surface area contributed by atoms with Gasteiger partial charge in [0, 0.05) is 31.7 Å². The first-order chi connectivity index (χ1) is 11.1. The van der Waals surface area contributed by atoms with Crippen LogP contribution in [0.5, 0.6) is 0 Å². The lowest BCUT2D eigenvalue weighted by atomic mass is 10.0. The number of nitrogens with zero attached hydrogens (tertiary/aromatic N) is 2. The fourth-order valence-corrected chi connectivity index (χ4v) is 3.38. The summed E-state index contributed by atoms with van der Waals surface area (Å²) < 4.78 is 0. The highest BCUT2D eigenvalue weighted by molar-refractivity contribution is 6.35. The van der Waals surface area contributed by atoms with Crippen molar-refractivity contribution in [3.63, 3.8) is 0 Å². The number of hydrogen-bond acceptors (Lipinski definition) is 4. The van der Waals surface area contributed by atoms with Crippen LogP contribution < -0.4 is 15.5 Å². The molecule has 0 bridgehead atoms. The molecule has 2 aromatic heterocycles. The normalized spacial score (nSPS) is 18.4. The van der Waals surface area contributed by atoms with E-state index in [2.05, 4.69) is 25.5 Å². The summed E-state index contributed by atoms with van der Waals surface area (Å²) in [4.78, 5) is 21.5. The number of anilines is 2. The Balaban J connectivity index is 2.05. The molecule has 0 aliphatic carbocycles. The average Bonchev–Trinajstić information content (AvgIpc) is 2.97. The van der Waals surface area contributed by atoms with Crippen LogP contribution in [0.4, 0.5) is 11.4 Å². The number of aromatic nitrogens is 2. The summed E-state index contributed by atoms with van der Waals surface area (Å²) in [6.45, 7) is 3.67. The molecule has 3 heterocycles. The van der Waals surface area contributed by atoms with Crippen LogP contribution in [0.1, 0.15) is 26.2 Å². The van der Waals surface area contributed by atoms with Gasteiger partial charge in [0.25, 0.3) is 0 Å². The number of hydrogen-bond donors (Lipinski definition) is 3. The average molecular weight is 336 g/mol. The molecule has 3 N–H and O–H groups in total. The fourth-order valence-electron chi connectivity index (χ4n) is 3.12. The zero-order valence-corrected chi connectivity index (χ0v) is 14.2. The summed E-state index contributed by atoms with van der Waals surface area (Å²) in [5.41, 5.74) is 2.43. The molecule has 1 fully saturated rings. The van der Waals surface area contributed by atoms with Crippen LogP contribution in [0, 0.1) is 0 Å². The molecule has 0 unspecified atom stereocenters. The maximum absolute atomic E-state index is 11.8. The van der Waals surface area contributed by atoms with Crippen LogP contribution in [-0.4, -0.2) is 42.1 Å². The number of pyridine rings is 1. The Morgan fingerprint density at radius 1 is 1.57 bits per heavy atom. The summed E-state index contributed by atoms with van der Waals surface area (Å²) >= 11 is 6.48. The van der Waals surface area contributed by atoms with Gasteiger partial charge in [-0.2, -0.15) is 0 Å². The third kappa shape index (κ3) is 3.14. The Labute approximate surface area is 140 Å². The third-order valence-corrected chi connectivity index (χ3v) is 4.65. The van der Waals surface area contributed by atoms with E-state index in [1.165, 1.54) is 0 Å². The molecule has 1 aliphatic rings. The number of carbonyl (C=O) groups is 1. The maximum atomic E-state index is 11.8. The molecule has 23 heavy (non-hydrogen) atoms. The molecule has 0 aromatic carbocycles. The minimum Gasteiger partial charge on any atom is -0.368 e. The van der Waals surface area contributed by atoms with Gasteiger partial charge in [-0.15, -0.1) is 0 Å². The quantitative estimate of drug-likeness (QED) is 0.803. The van der Waals surface area contributed by atoms with Crippen molar-refractivity contribution in [1.82, 2.24) is 15.3 Å². The molecule has 1 atom stereocenters. The minimum absolute atomic E-state index is 0.0245. The first-order valence-electron chi connectivity index (χ1n) is 8.01. The number of amides is 1. The van der Waals surface area contributed by atoms with Gasteiger partial charge in [0.05, 0.1) is 28.0 Å². The highest BCUT2D eigenvalue weighted by Crippen LogP contribution is 2.38. The molecular formula is C16H22ClN5O. The van der Waals surface area contributed by atoms with Crippen molar-refractivity contribution in [2.24, 2.45) is 0 Å². The first kappa shape index (κ1) is 16.1. The Morgan fingerprint density at radius 2 is 2.39 bits per heavy atom. The predicted molar refractivity (Wildman–Crippen MR) is 94.3 cm³/mol. The zero-order chi connectivity index (χ0) is 16.4. The van der Waals surface area contributed by atoms with E-state index in [0.29, 0.717) is 17.5 Å². The van der Waals surface area contributed by atoms with Gasteiger partial charge in [0.1, 0.15) is 5.65 Å². The standard InChI is InChI=1S/C16H22ClN5O/c1-3-13(23)21-12-8-20-16-14(12)15(11(17)7-19-16)22-6-4-5-10(9-22)18-2/h7-8,10,18H,3-6,9H2,1-2H3,(H,19,20)(H,21,23)/t10-/m1/s1. The second kappa shape index (κ2) is 6.76. The van der Waals surface area contributed by atoms with E-state index in [4.69, 9.17) is 11.6 Å². The van der Waals surface area contributed by atoms with Crippen molar-refractivity contribution in [3.8, 4) is 0 Å². The van der Waals surface area contributed by atoms with Crippen LogP contribution in [0.15, 0.2) is 12.4 Å². The molecule has 6 nitrogen and oxygen atoms in total. The molecule has 1 amide bonds. The largest absolute Gasteiger partial charge is 0.368 e. The lowest BCUT2D eigenvalue weighted by molar-refractivity contribution is -0.115. The lowest BCUT2D eigenvalue weighted by Gasteiger charge is -2.35. The molecule has 0 radical (unpaired) electrons. The van der Waals surface area contributed by atoms with Crippen molar-refractivity contribution in [2.75, 3.05) is 30.4 Å². The Bertz CT molecular complexity index is 714. The minimum atomic E-state index is -0.0245. The number of H-pyrrole nitrogens is 1. The van der Waals surface area contributed by atoms with E-state index in [1.807, 2.05) is 14.0 Å². The molecule has 2 aromatic rings. The number of likely N-dealkylation sites (N-methyl/N-ethyl adjacent to an activating group) is 1. The van der Waals surface area contributed by atoms with E-state index in [1.54, 1.807) is 12.4 Å². The van der Waals surface area contributed by atoms with E-state index >= 15 is 0 Å². The van der Waals surface area contributed by atoms with Gasteiger partial charge in [-0.05, 0) is 19.9 Å². The van der Waals surface area contributed by atoms with Gasteiger partial charge in [0.15, 0.2) is 0 Å². The van der Waals surface area contributed by atoms with Crippen molar-refractivity contribution >= 4 is 39.9 Å². The lowest BCUT2D eigenvalue weighted by Crippen LogP contribution is -2.44. The topological polar surface area (TPSA) is 73.0 Å². The van der Waals surface area contributed by atoms with Crippen molar-refractivity contribution in [1.29, 1.82) is 0 Å². The second-order valence-corrected chi connectivity index (χ2v) is 6.26. The van der Waals surface area contributed by atoms with E-state index in [0.717, 1.165) is 48.3 Å². The van der Waals surface area contributed by atoms with Crippen LogP contribution in [0.25, 0.3) is 11.0 Å². The van der Waals surface area contributed by atoms with Gasteiger partial charge in [-0.1, -0.05) is 18.5 Å². The smallest absolute Gasteiger partial charge is 0.224 e. The number of fused-ring (bicyclic) bond motifs is 1. The van der Waals surface area contributed by atoms with Gasteiger partial charge in [0.2, 0.25) is 5.91 Å². The molecule has 124 valence electrons. The summed E-state index contributed by atoms with van der Waals surface area (Å²) in [5, 5.41) is 7.78. The highest BCUT2D eigenvalue weighted by Gasteiger charge is 2.24. The number of halogens is 1. The van der Waals surface area contributed by atoms with E-state index in [9.17, 15) is 4.79 Å². The first-order valence-corrected chi connectivity index (χ1v) is 8.39. The summed E-state index contributed by atoms with van der Waals surface area (Å²) in [7, 11) is 1.99. The van der Waals surface area contributed by atoms with Crippen molar-refractivity contribution in [3.05, 3.63) is 17.4 Å². The number of nitrogens with one attached hydrogen (secondary N) is 3. The summed E-state index contributed by atoms with van der Waals surface area (Å²) in [6.07, 6.45) is 6.15. The monoisotopic (exact) mass is 335 g/mol. The predicted octanol–water partition coefficient (Wildman–Crippen LogP) is 2.75. The molecular weight excluding hydrogens is 314 g/mol. The van der Waals surface area contributed by atoms with Crippen LogP contribution in [-0.2, 0) is 4.79 Å². The van der Waals surface area contributed by atoms with Crippen LogP contribution in [0.2, 0.25) is 5.02 Å². The van der Waals surface area contributed by atoms with E-state index in [-0.39, 0.29) is 5.91 Å². The van der Waals surface area contributed by atoms with Crippen LogP contribution in [0.3, 0.4) is 0 Å². The molecule has 7 heteroatoms. The molecule has 3 rings (SSSR count). The SMILES string of the molecule is CCC(=O)Nc1c[nH]c2ncc(Cl)c(N3CCC[C@@H](NC)C3)c12. The molecule has 0 spiro atoms. The number of rotatable bonds is 4. The van der Waals surface area contributed by atoms with Gasteiger partial charge in [-0.3, -0.25) is 4.79 Å².